The SMILES string of the molecule is CCC(C)C(=O)OC1CSC(C)CC(C)S1. The second-order valence-corrected chi connectivity index (χ2v) is 7.58. The van der Waals surface area contributed by atoms with E-state index in [0.29, 0.717) is 10.5 Å². The van der Waals surface area contributed by atoms with Crippen LogP contribution < -0.4 is 0 Å². The summed E-state index contributed by atoms with van der Waals surface area (Å²) in [6, 6.07) is 0. The number of carbonyl (C=O) groups is 1. The van der Waals surface area contributed by atoms with Gasteiger partial charge in [0.1, 0.15) is 0 Å². The van der Waals surface area contributed by atoms with Crippen molar-refractivity contribution in [1.29, 1.82) is 0 Å². The highest BCUT2D eigenvalue weighted by atomic mass is 32.2. The Labute approximate surface area is 107 Å². The maximum absolute atomic E-state index is 11.7. The molecule has 1 aliphatic rings. The molecule has 4 heteroatoms. The Bertz CT molecular complexity index is 233. The van der Waals surface area contributed by atoms with Gasteiger partial charge < -0.3 is 4.74 Å². The largest absolute Gasteiger partial charge is 0.450 e. The Kier molecular flexibility index (Phi) is 6.05. The smallest absolute Gasteiger partial charge is 0.309 e. The maximum Gasteiger partial charge on any atom is 0.309 e. The summed E-state index contributed by atoms with van der Waals surface area (Å²) < 4.78 is 5.55. The number of thioether (sulfide) groups is 2. The Hall–Kier alpha value is 0.170. The summed E-state index contributed by atoms with van der Waals surface area (Å²) in [7, 11) is 0. The van der Waals surface area contributed by atoms with Crippen LogP contribution in [0.1, 0.15) is 40.5 Å². The van der Waals surface area contributed by atoms with Crippen LogP contribution in [-0.2, 0) is 9.53 Å². The Morgan fingerprint density at radius 3 is 2.75 bits per heavy atom. The number of carbonyl (C=O) groups excluding carboxylic acids is 1. The van der Waals surface area contributed by atoms with Gasteiger partial charge in [0.2, 0.25) is 0 Å². The van der Waals surface area contributed by atoms with Crippen molar-refractivity contribution < 1.29 is 9.53 Å². The van der Waals surface area contributed by atoms with E-state index >= 15 is 0 Å². The quantitative estimate of drug-likeness (QED) is 0.727. The fraction of sp³-hybridized carbons (Fsp3) is 0.917. The highest BCUT2D eigenvalue weighted by Gasteiger charge is 2.25. The van der Waals surface area contributed by atoms with Crippen LogP contribution in [0.3, 0.4) is 0 Å². The predicted molar refractivity (Wildman–Crippen MR) is 72.9 cm³/mol. The molecular formula is C12H22O2S2. The van der Waals surface area contributed by atoms with E-state index < -0.39 is 0 Å². The van der Waals surface area contributed by atoms with Crippen molar-refractivity contribution in [3.05, 3.63) is 0 Å². The van der Waals surface area contributed by atoms with Crippen molar-refractivity contribution in [2.75, 3.05) is 5.75 Å². The van der Waals surface area contributed by atoms with Crippen LogP contribution in [0.15, 0.2) is 0 Å². The van der Waals surface area contributed by atoms with E-state index in [4.69, 9.17) is 4.74 Å². The first-order chi connectivity index (χ1) is 7.52. The maximum atomic E-state index is 11.7. The molecule has 0 amide bonds. The minimum Gasteiger partial charge on any atom is -0.450 e. The average Bonchev–Trinajstić information content (AvgIpc) is 2.38. The highest BCUT2D eigenvalue weighted by molar-refractivity contribution is 8.04. The molecule has 0 aromatic rings. The molecule has 1 aliphatic heterocycles. The Morgan fingerprint density at radius 1 is 1.44 bits per heavy atom. The van der Waals surface area contributed by atoms with E-state index in [-0.39, 0.29) is 17.3 Å². The van der Waals surface area contributed by atoms with E-state index in [1.807, 2.05) is 25.6 Å². The van der Waals surface area contributed by atoms with Gasteiger partial charge in [-0.2, -0.15) is 11.8 Å². The van der Waals surface area contributed by atoms with Gasteiger partial charge in [0.25, 0.3) is 0 Å². The lowest BCUT2D eigenvalue weighted by atomic mass is 10.1. The topological polar surface area (TPSA) is 26.3 Å². The number of ether oxygens (including phenoxy) is 1. The molecule has 0 aromatic heterocycles. The van der Waals surface area contributed by atoms with Crippen molar-refractivity contribution in [3.63, 3.8) is 0 Å². The normalized spacial score (nSPS) is 32.9. The van der Waals surface area contributed by atoms with Crippen LogP contribution in [0.5, 0.6) is 0 Å². The van der Waals surface area contributed by atoms with Crippen molar-refractivity contribution in [2.24, 2.45) is 5.92 Å². The minimum atomic E-state index is -0.0395. The monoisotopic (exact) mass is 262 g/mol. The Morgan fingerprint density at radius 2 is 2.12 bits per heavy atom. The summed E-state index contributed by atoms with van der Waals surface area (Å²) in [6.45, 7) is 8.42. The summed E-state index contributed by atoms with van der Waals surface area (Å²) >= 11 is 3.72. The standard InChI is InChI=1S/C12H22O2S2/c1-5-8(2)12(13)14-11-7-15-9(3)6-10(4)16-11/h8-11H,5-7H2,1-4H3. The number of hydrogen-bond donors (Lipinski definition) is 0. The van der Waals surface area contributed by atoms with Crippen molar-refractivity contribution in [2.45, 2.75) is 56.5 Å². The van der Waals surface area contributed by atoms with Crippen LogP contribution in [0.25, 0.3) is 0 Å². The molecule has 0 N–H and O–H groups in total. The van der Waals surface area contributed by atoms with E-state index in [0.717, 1.165) is 12.2 Å². The molecule has 0 saturated carbocycles. The molecular weight excluding hydrogens is 240 g/mol. The fourth-order valence-corrected chi connectivity index (χ4v) is 4.33. The van der Waals surface area contributed by atoms with E-state index in [1.165, 1.54) is 6.42 Å². The van der Waals surface area contributed by atoms with E-state index in [9.17, 15) is 4.79 Å². The zero-order valence-corrected chi connectivity index (χ0v) is 12.2. The zero-order valence-electron chi connectivity index (χ0n) is 10.6. The third-order valence-electron chi connectivity index (χ3n) is 2.83. The van der Waals surface area contributed by atoms with Crippen molar-refractivity contribution in [3.8, 4) is 0 Å². The molecule has 16 heavy (non-hydrogen) atoms. The molecule has 4 unspecified atom stereocenters. The number of hydrogen-bond acceptors (Lipinski definition) is 4. The van der Waals surface area contributed by atoms with Crippen LogP contribution in [-0.4, -0.2) is 27.7 Å². The van der Waals surface area contributed by atoms with Crippen LogP contribution >= 0.6 is 23.5 Å². The van der Waals surface area contributed by atoms with Crippen LogP contribution in [0.4, 0.5) is 0 Å². The highest BCUT2D eigenvalue weighted by Crippen LogP contribution is 2.34. The van der Waals surface area contributed by atoms with Gasteiger partial charge in [0, 0.05) is 16.3 Å². The third kappa shape index (κ3) is 4.58. The summed E-state index contributed by atoms with van der Waals surface area (Å²) in [5, 5.41) is 1.26. The second-order valence-electron chi connectivity index (χ2n) is 4.50. The molecule has 1 heterocycles. The summed E-state index contributed by atoms with van der Waals surface area (Å²) in [6.07, 6.45) is 2.06. The van der Waals surface area contributed by atoms with Crippen LogP contribution in [0.2, 0.25) is 0 Å². The van der Waals surface area contributed by atoms with Crippen molar-refractivity contribution in [1.82, 2.24) is 0 Å². The average molecular weight is 262 g/mol. The van der Waals surface area contributed by atoms with E-state index in [1.54, 1.807) is 11.8 Å². The lowest BCUT2D eigenvalue weighted by Gasteiger charge is -2.19. The zero-order chi connectivity index (χ0) is 12.1. The molecule has 0 aliphatic carbocycles. The lowest BCUT2D eigenvalue weighted by Crippen LogP contribution is -2.22. The van der Waals surface area contributed by atoms with Crippen molar-refractivity contribution >= 4 is 29.5 Å². The minimum absolute atomic E-state index is 0.0292. The summed E-state index contributed by atoms with van der Waals surface area (Å²) in [5.74, 6) is 0.919. The first kappa shape index (κ1) is 14.2. The second kappa shape index (κ2) is 6.80. The summed E-state index contributed by atoms with van der Waals surface area (Å²) in [4.78, 5) is 11.7. The number of rotatable bonds is 3. The molecule has 1 rings (SSSR count). The first-order valence-corrected chi connectivity index (χ1v) is 7.99. The molecule has 0 aromatic carbocycles. The first-order valence-electron chi connectivity index (χ1n) is 6.00. The van der Waals surface area contributed by atoms with E-state index in [2.05, 4.69) is 13.8 Å². The molecule has 94 valence electrons. The lowest BCUT2D eigenvalue weighted by molar-refractivity contribution is -0.148. The summed E-state index contributed by atoms with van der Waals surface area (Å²) in [5.41, 5.74) is 0.0476. The molecule has 0 bridgehead atoms. The van der Waals surface area contributed by atoms with Gasteiger partial charge in [-0.05, 0) is 12.8 Å². The number of esters is 1. The molecule has 2 nitrogen and oxygen atoms in total. The predicted octanol–water partition coefficient (Wildman–Crippen LogP) is 3.55. The Balaban J connectivity index is 2.44. The van der Waals surface area contributed by atoms with Gasteiger partial charge in [0.05, 0.1) is 5.92 Å². The van der Waals surface area contributed by atoms with Gasteiger partial charge >= 0.3 is 5.97 Å². The third-order valence-corrected chi connectivity index (χ3v) is 5.52. The molecule has 1 fully saturated rings. The molecule has 1 saturated heterocycles. The van der Waals surface area contributed by atoms with Gasteiger partial charge in [-0.3, -0.25) is 4.79 Å². The van der Waals surface area contributed by atoms with Gasteiger partial charge in [0.15, 0.2) is 5.44 Å². The molecule has 0 spiro atoms. The fourth-order valence-electron chi connectivity index (χ4n) is 1.61. The molecule has 4 atom stereocenters. The van der Waals surface area contributed by atoms with Gasteiger partial charge in [-0.25, -0.2) is 0 Å². The van der Waals surface area contributed by atoms with Gasteiger partial charge in [-0.15, -0.1) is 11.8 Å². The molecule has 0 radical (unpaired) electrons. The van der Waals surface area contributed by atoms with Gasteiger partial charge in [-0.1, -0.05) is 27.7 Å². The van der Waals surface area contributed by atoms with Crippen LogP contribution in [0, 0.1) is 5.92 Å².